The Balaban J connectivity index is 1.70. The first kappa shape index (κ1) is 21.4. The normalized spacial score (nSPS) is 15.8. The minimum absolute atomic E-state index is 0.0222. The maximum Gasteiger partial charge on any atom is 0.257 e. The Bertz CT molecular complexity index is 1180. The van der Waals surface area contributed by atoms with Crippen LogP contribution in [0.4, 0.5) is 14.5 Å². The van der Waals surface area contributed by atoms with E-state index in [0.717, 1.165) is 22.6 Å². The molecule has 0 saturated carbocycles. The van der Waals surface area contributed by atoms with Crippen LogP contribution in [0.5, 0.6) is 0 Å². The van der Waals surface area contributed by atoms with Gasteiger partial charge in [-0.1, -0.05) is 30.3 Å². The van der Waals surface area contributed by atoms with E-state index >= 15 is 0 Å². The van der Waals surface area contributed by atoms with Crippen LogP contribution < -0.4 is 4.90 Å². The molecule has 0 radical (unpaired) electrons. The lowest BCUT2D eigenvalue weighted by Gasteiger charge is -2.28. The van der Waals surface area contributed by atoms with Crippen LogP contribution in [0, 0.1) is 18.6 Å². The molecule has 3 aromatic rings. The molecule has 0 aromatic heterocycles. The number of aryl methyl sites for hydroxylation is 1. The fourth-order valence-electron chi connectivity index (χ4n) is 3.80. The number of carbonyl (C=O) groups is 3. The third kappa shape index (κ3) is 4.14. The lowest BCUT2D eigenvalue weighted by molar-refractivity contribution is -0.122. The highest BCUT2D eigenvalue weighted by Gasteiger charge is 2.44. The van der Waals surface area contributed by atoms with Gasteiger partial charge in [-0.25, -0.2) is 13.7 Å². The summed E-state index contributed by atoms with van der Waals surface area (Å²) in [5, 5.41) is 0. The average Bonchev–Trinajstić information content (AvgIpc) is 3.07. The third-order valence-corrected chi connectivity index (χ3v) is 5.49. The molecule has 0 bridgehead atoms. The van der Waals surface area contributed by atoms with Gasteiger partial charge in [-0.15, -0.1) is 0 Å². The maximum absolute atomic E-state index is 13.5. The molecule has 1 aliphatic rings. The highest BCUT2D eigenvalue weighted by atomic mass is 19.1. The highest BCUT2D eigenvalue weighted by molar-refractivity contribution is 6.23. The molecule has 0 spiro atoms. The van der Waals surface area contributed by atoms with Crippen molar-refractivity contribution in [2.45, 2.75) is 25.9 Å². The van der Waals surface area contributed by atoms with Gasteiger partial charge in [-0.3, -0.25) is 14.4 Å². The van der Waals surface area contributed by atoms with Crippen molar-refractivity contribution in [3.8, 4) is 0 Å². The van der Waals surface area contributed by atoms with Crippen molar-refractivity contribution in [2.75, 3.05) is 4.90 Å². The number of hydrogen-bond donors (Lipinski definition) is 0. The van der Waals surface area contributed by atoms with E-state index in [1.807, 2.05) is 0 Å². The number of carbonyl (C=O) groups excluding carboxylic acids is 3. The number of anilines is 1. The van der Waals surface area contributed by atoms with Crippen LogP contribution in [0.3, 0.4) is 0 Å². The number of halogens is 2. The fourth-order valence-corrected chi connectivity index (χ4v) is 3.80. The van der Waals surface area contributed by atoms with Gasteiger partial charge in [0.2, 0.25) is 5.91 Å². The molecule has 1 heterocycles. The van der Waals surface area contributed by atoms with Gasteiger partial charge in [0, 0.05) is 12.1 Å². The Morgan fingerprint density at radius 3 is 2.16 bits per heavy atom. The van der Waals surface area contributed by atoms with E-state index < -0.39 is 35.4 Å². The summed E-state index contributed by atoms with van der Waals surface area (Å²) >= 11 is 0. The standard InChI is InChI=1S/C25H20F2N2O3/c1-16-4-2-3-5-21(16)24(31)28(15-17-6-8-18(26)9-7-17)22-14-23(30)29(25(22)32)20-12-10-19(27)11-13-20/h2-13,22H,14-15H2,1H3. The van der Waals surface area contributed by atoms with Crippen molar-refractivity contribution >= 4 is 23.4 Å². The molecule has 0 N–H and O–H groups in total. The second-order valence-electron chi connectivity index (χ2n) is 7.64. The number of benzene rings is 3. The zero-order valence-electron chi connectivity index (χ0n) is 17.3. The summed E-state index contributed by atoms with van der Waals surface area (Å²) in [6, 6.07) is 16.6. The van der Waals surface area contributed by atoms with Gasteiger partial charge in [0.15, 0.2) is 0 Å². The zero-order chi connectivity index (χ0) is 22.8. The molecule has 0 aliphatic carbocycles. The maximum atomic E-state index is 13.5. The summed E-state index contributed by atoms with van der Waals surface area (Å²) in [6.45, 7) is 1.81. The minimum Gasteiger partial charge on any atom is -0.322 e. The topological polar surface area (TPSA) is 57.7 Å². The highest BCUT2D eigenvalue weighted by Crippen LogP contribution is 2.28. The van der Waals surface area contributed by atoms with Crippen LogP contribution in [-0.4, -0.2) is 28.7 Å². The first-order valence-electron chi connectivity index (χ1n) is 10.1. The predicted octanol–water partition coefficient (Wildman–Crippen LogP) is 4.25. The molecule has 7 heteroatoms. The molecule has 1 fully saturated rings. The molecule has 32 heavy (non-hydrogen) atoms. The average molecular weight is 434 g/mol. The number of nitrogens with zero attached hydrogens (tertiary/aromatic N) is 2. The minimum atomic E-state index is -1.04. The Labute approximate surface area is 183 Å². The van der Waals surface area contributed by atoms with E-state index in [0.29, 0.717) is 11.1 Å². The summed E-state index contributed by atoms with van der Waals surface area (Å²) in [5.41, 5.74) is 2.01. The van der Waals surface area contributed by atoms with Crippen molar-refractivity contribution in [3.63, 3.8) is 0 Å². The van der Waals surface area contributed by atoms with Crippen LogP contribution in [0.15, 0.2) is 72.8 Å². The second-order valence-corrected chi connectivity index (χ2v) is 7.64. The number of imide groups is 1. The number of rotatable bonds is 5. The predicted molar refractivity (Wildman–Crippen MR) is 115 cm³/mol. The molecule has 1 atom stereocenters. The zero-order valence-corrected chi connectivity index (χ0v) is 17.3. The second kappa shape index (κ2) is 8.70. The first-order chi connectivity index (χ1) is 15.3. The van der Waals surface area contributed by atoms with Crippen molar-refractivity contribution in [2.24, 2.45) is 0 Å². The van der Waals surface area contributed by atoms with Crippen molar-refractivity contribution in [1.29, 1.82) is 0 Å². The molecular formula is C25H20F2N2O3. The summed E-state index contributed by atoms with van der Waals surface area (Å²) in [5.74, 6) is -2.35. The van der Waals surface area contributed by atoms with Crippen LogP contribution in [0.25, 0.3) is 0 Å². The van der Waals surface area contributed by atoms with Crippen molar-refractivity contribution < 1.29 is 23.2 Å². The molecule has 1 saturated heterocycles. The van der Waals surface area contributed by atoms with Crippen LogP contribution in [0.1, 0.15) is 27.9 Å². The summed E-state index contributed by atoms with van der Waals surface area (Å²) in [7, 11) is 0. The van der Waals surface area contributed by atoms with E-state index in [-0.39, 0.29) is 18.7 Å². The van der Waals surface area contributed by atoms with Gasteiger partial charge in [-0.2, -0.15) is 0 Å². The van der Waals surface area contributed by atoms with E-state index in [1.165, 1.54) is 41.3 Å². The lowest BCUT2D eigenvalue weighted by atomic mass is 10.0. The largest absolute Gasteiger partial charge is 0.322 e. The van der Waals surface area contributed by atoms with Crippen LogP contribution >= 0.6 is 0 Å². The van der Waals surface area contributed by atoms with E-state index in [1.54, 1.807) is 31.2 Å². The van der Waals surface area contributed by atoms with Crippen molar-refractivity contribution in [3.05, 3.63) is 101 Å². The molecule has 1 unspecified atom stereocenters. The van der Waals surface area contributed by atoms with Gasteiger partial charge in [0.05, 0.1) is 12.1 Å². The smallest absolute Gasteiger partial charge is 0.257 e. The quantitative estimate of drug-likeness (QED) is 0.565. The van der Waals surface area contributed by atoms with Gasteiger partial charge >= 0.3 is 0 Å². The molecule has 3 aromatic carbocycles. The molecule has 1 aliphatic heterocycles. The molecule has 5 nitrogen and oxygen atoms in total. The van der Waals surface area contributed by atoms with E-state index in [4.69, 9.17) is 0 Å². The van der Waals surface area contributed by atoms with Gasteiger partial charge in [0.1, 0.15) is 17.7 Å². The van der Waals surface area contributed by atoms with Gasteiger partial charge in [-0.05, 0) is 60.5 Å². The lowest BCUT2D eigenvalue weighted by Crippen LogP contribution is -2.45. The van der Waals surface area contributed by atoms with E-state index in [2.05, 4.69) is 0 Å². The summed E-state index contributed by atoms with van der Waals surface area (Å²) in [4.78, 5) is 41.8. The fraction of sp³-hybridized carbons (Fsp3) is 0.160. The summed E-state index contributed by atoms with van der Waals surface area (Å²) in [6.07, 6.45) is -0.199. The van der Waals surface area contributed by atoms with Gasteiger partial charge in [0.25, 0.3) is 11.8 Å². The molecule has 162 valence electrons. The van der Waals surface area contributed by atoms with E-state index in [9.17, 15) is 23.2 Å². The van der Waals surface area contributed by atoms with Crippen LogP contribution in [0.2, 0.25) is 0 Å². The first-order valence-corrected chi connectivity index (χ1v) is 10.1. The SMILES string of the molecule is Cc1ccccc1C(=O)N(Cc1ccc(F)cc1)C1CC(=O)N(c2ccc(F)cc2)C1=O. The molecule has 4 rings (SSSR count). The Morgan fingerprint density at radius 1 is 0.938 bits per heavy atom. The van der Waals surface area contributed by atoms with Crippen molar-refractivity contribution in [1.82, 2.24) is 4.90 Å². The Morgan fingerprint density at radius 2 is 1.53 bits per heavy atom. The number of amides is 3. The molecular weight excluding hydrogens is 414 g/mol. The summed E-state index contributed by atoms with van der Waals surface area (Å²) < 4.78 is 26.7. The monoisotopic (exact) mass is 434 g/mol. The Kier molecular flexibility index (Phi) is 5.81. The van der Waals surface area contributed by atoms with Gasteiger partial charge < -0.3 is 4.90 Å². The van der Waals surface area contributed by atoms with Crippen LogP contribution in [-0.2, 0) is 16.1 Å². The number of hydrogen-bond acceptors (Lipinski definition) is 3. The third-order valence-electron chi connectivity index (χ3n) is 5.49. The Hall–Kier alpha value is -3.87. The molecule has 3 amide bonds.